The fourth-order valence-electron chi connectivity index (χ4n) is 3.54. The van der Waals surface area contributed by atoms with Gasteiger partial charge in [-0.15, -0.1) is 0 Å². The molecule has 1 atom stereocenters. The summed E-state index contributed by atoms with van der Waals surface area (Å²) in [4.78, 5) is 29.6. The van der Waals surface area contributed by atoms with Gasteiger partial charge in [0.15, 0.2) is 0 Å². The number of anilines is 1. The van der Waals surface area contributed by atoms with Crippen molar-refractivity contribution in [3.05, 3.63) is 65.2 Å². The predicted molar refractivity (Wildman–Crippen MR) is 112 cm³/mol. The molecule has 1 saturated heterocycles. The maximum atomic E-state index is 13.1. The molecule has 2 amide bonds. The van der Waals surface area contributed by atoms with Gasteiger partial charge in [-0.25, -0.2) is 0 Å². The predicted octanol–water partition coefficient (Wildman–Crippen LogP) is 3.37. The summed E-state index contributed by atoms with van der Waals surface area (Å²) in [5.74, 6) is -0.180. The molecule has 0 aliphatic carbocycles. The van der Waals surface area contributed by atoms with Crippen molar-refractivity contribution in [3.63, 3.8) is 0 Å². The lowest BCUT2D eigenvalue weighted by Gasteiger charge is -2.25. The Morgan fingerprint density at radius 2 is 1.82 bits per heavy atom. The van der Waals surface area contributed by atoms with Crippen molar-refractivity contribution in [2.45, 2.75) is 38.8 Å². The second kappa shape index (κ2) is 8.91. The van der Waals surface area contributed by atoms with Crippen LogP contribution in [-0.2, 0) is 11.3 Å². The third-order valence-electron chi connectivity index (χ3n) is 5.35. The summed E-state index contributed by atoms with van der Waals surface area (Å²) in [7, 11) is 3.92. The molecule has 1 unspecified atom stereocenters. The smallest absolute Gasteiger partial charge is 0.251 e. The van der Waals surface area contributed by atoms with Crippen LogP contribution in [0.4, 0.5) is 5.69 Å². The fourth-order valence-corrected chi connectivity index (χ4v) is 3.54. The third-order valence-corrected chi connectivity index (χ3v) is 5.35. The molecular formula is C23H29N3O2. The fraction of sp³-hybridized carbons (Fsp3) is 0.391. The standard InChI is InChI=1S/C23H29N3O2/c1-17-8-4-5-9-19(17)16-26-15-7-6-10-21(23(26)28)24-22(27)18-11-13-20(14-12-18)25(2)3/h4-5,8-9,11-14,21H,6-7,10,15-16H2,1-3H3,(H,24,27). The van der Waals surface area contributed by atoms with Crippen LogP contribution in [0.2, 0.25) is 0 Å². The molecule has 2 aromatic carbocycles. The molecule has 28 heavy (non-hydrogen) atoms. The number of benzene rings is 2. The van der Waals surface area contributed by atoms with Crippen LogP contribution in [-0.4, -0.2) is 43.4 Å². The highest BCUT2D eigenvalue weighted by atomic mass is 16.2. The van der Waals surface area contributed by atoms with Gasteiger partial charge in [-0.2, -0.15) is 0 Å². The van der Waals surface area contributed by atoms with Crippen molar-refractivity contribution in [1.29, 1.82) is 0 Å². The highest BCUT2D eigenvalue weighted by Gasteiger charge is 2.28. The van der Waals surface area contributed by atoms with Crippen molar-refractivity contribution in [3.8, 4) is 0 Å². The van der Waals surface area contributed by atoms with E-state index in [4.69, 9.17) is 0 Å². The molecule has 0 bridgehead atoms. The van der Waals surface area contributed by atoms with E-state index in [-0.39, 0.29) is 11.8 Å². The molecular weight excluding hydrogens is 350 g/mol. The highest BCUT2D eigenvalue weighted by Crippen LogP contribution is 2.18. The first-order chi connectivity index (χ1) is 13.5. The van der Waals surface area contributed by atoms with Gasteiger partial charge in [0.2, 0.25) is 5.91 Å². The van der Waals surface area contributed by atoms with E-state index in [0.29, 0.717) is 18.5 Å². The lowest BCUT2D eigenvalue weighted by Crippen LogP contribution is -2.47. The van der Waals surface area contributed by atoms with E-state index in [1.807, 2.05) is 48.2 Å². The number of carbonyl (C=O) groups is 2. The van der Waals surface area contributed by atoms with Gasteiger partial charge in [-0.3, -0.25) is 9.59 Å². The topological polar surface area (TPSA) is 52.7 Å². The number of rotatable bonds is 5. The van der Waals surface area contributed by atoms with E-state index in [1.54, 1.807) is 12.1 Å². The molecule has 1 fully saturated rings. The molecule has 2 aromatic rings. The lowest BCUT2D eigenvalue weighted by atomic mass is 10.1. The van der Waals surface area contributed by atoms with Crippen LogP contribution in [0.3, 0.4) is 0 Å². The van der Waals surface area contributed by atoms with Crippen molar-refractivity contribution in [1.82, 2.24) is 10.2 Å². The van der Waals surface area contributed by atoms with Crippen molar-refractivity contribution in [2.24, 2.45) is 0 Å². The van der Waals surface area contributed by atoms with Gasteiger partial charge in [0.05, 0.1) is 0 Å². The Morgan fingerprint density at radius 1 is 1.11 bits per heavy atom. The number of hydrogen-bond donors (Lipinski definition) is 1. The monoisotopic (exact) mass is 379 g/mol. The maximum Gasteiger partial charge on any atom is 0.251 e. The third kappa shape index (κ3) is 4.71. The molecule has 1 aliphatic rings. The Hall–Kier alpha value is -2.82. The van der Waals surface area contributed by atoms with E-state index >= 15 is 0 Å². The summed E-state index contributed by atoms with van der Waals surface area (Å²) >= 11 is 0. The van der Waals surface area contributed by atoms with Gasteiger partial charge in [0, 0.05) is 38.4 Å². The van der Waals surface area contributed by atoms with Crippen LogP contribution in [0.25, 0.3) is 0 Å². The van der Waals surface area contributed by atoms with Gasteiger partial charge < -0.3 is 15.1 Å². The van der Waals surface area contributed by atoms with Crippen LogP contribution >= 0.6 is 0 Å². The summed E-state index contributed by atoms with van der Waals surface area (Å²) in [5.41, 5.74) is 3.95. The zero-order valence-electron chi connectivity index (χ0n) is 16.9. The normalized spacial score (nSPS) is 17.2. The van der Waals surface area contributed by atoms with E-state index < -0.39 is 6.04 Å². The number of carbonyl (C=O) groups excluding carboxylic acids is 2. The van der Waals surface area contributed by atoms with Gasteiger partial charge >= 0.3 is 0 Å². The summed E-state index contributed by atoms with van der Waals surface area (Å²) in [6, 6.07) is 15.1. The zero-order valence-corrected chi connectivity index (χ0v) is 16.9. The van der Waals surface area contributed by atoms with Gasteiger partial charge in [0.1, 0.15) is 6.04 Å². The number of aryl methyl sites for hydroxylation is 1. The van der Waals surface area contributed by atoms with Crippen molar-refractivity contribution in [2.75, 3.05) is 25.5 Å². The molecule has 1 aliphatic heterocycles. The summed E-state index contributed by atoms with van der Waals surface area (Å²) < 4.78 is 0. The SMILES string of the molecule is Cc1ccccc1CN1CCCCC(NC(=O)c2ccc(N(C)C)cc2)C1=O. The van der Waals surface area contributed by atoms with E-state index in [1.165, 1.54) is 5.56 Å². The minimum absolute atomic E-state index is 0.0130. The van der Waals surface area contributed by atoms with E-state index in [0.717, 1.165) is 30.6 Å². The van der Waals surface area contributed by atoms with Crippen LogP contribution in [0.5, 0.6) is 0 Å². The molecule has 0 spiro atoms. The van der Waals surface area contributed by atoms with Crippen LogP contribution in [0, 0.1) is 6.92 Å². The minimum Gasteiger partial charge on any atom is -0.378 e. The number of nitrogens with one attached hydrogen (secondary N) is 1. The molecule has 1 N–H and O–H groups in total. The lowest BCUT2D eigenvalue weighted by molar-refractivity contribution is -0.133. The first kappa shape index (κ1) is 19.9. The van der Waals surface area contributed by atoms with E-state index in [2.05, 4.69) is 24.4 Å². The molecule has 0 radical (unpaired) electrons. The Bertz CT molecular complexity index is 830. The van der Waals surface area contributed by atoms with E-state index in [9.17, 15) is 9.59 Å². The van der Waals surface area contributed by atoms with Crippen LogP contribution in [0.1, 0.15) is 40.7 Å². The quantitative estimate of drug-likeness (QED) is 0.867. The minimum atomic E-state index is -0.465. The van der Waals surface area contributed by atoms with Gasteiger partial charge in [-0.1, -0.05) is 24.3 Å². The largest absolute Gasteiger partial charge is 0.378 e. The van der Waals surface area contributed by atoms with Gasteiger partial charge in [0.25, 0.3) is 5.91 Å². The summed E-state index contributed by atoms with van der Waals surface area (Å²) in [6.07, 6.45) is 2.58. The maximum absolute atomic E-state index is 13.1. The Balaban J connectivity index is 1.69. The highest BCUT2D eigenvalue weighted by molar-refractivity contribution is 5.97. The van der Waals surface area contributed by atoms with Crippen molar-refractivity contribution >= 4 is 17.5 Å². The molecule has 0 saturated carbocycles. The first-order valence-electron chi connectivity index (χ1n) is 9.87. The number of likely N-dealkylation sites (tertiary alicyclic amines) is 1. The molecule has 3 rings (SSSR count). The summed E-state index contributed by atoms with van der Waals surface area (Å²) in [6.45, 7) is 3.39. The molecule has 5 nitrogen and oxygen atoms in total. The molecule has 0 aromatic heterocycles. The number of nitrogens with zero attached hydrogens (tertiary/aromatic N) is 2. The second-order valence-corrected chi connectivity index (χ2v) is 7.65. The molecule has 5 heteroatoms. The van der Waals surface area contributed by atoms with Crippen LogP contribution in [0.15, 0.2) is 48.5 Å². The summed E-state index contributed by atoms with van der Waals surface area (Å²) in [5, 5.41) is 2.96. The van der Waals surface area contributed by atoms with Crippen LogP contribution < -0.4 is 10.2 Å². The second-order valence-electron chi connectivity index (χ2n) is 7.65. The van der Waals surface area contributed by atoms with Gasteiger partial charge in [-0.05, 0) is 61.6 Å². The number of hydrogen-bond acceptors (Lipinski definition) is 3. The Kier molecular flexibility index (Phi) is 6.34. The average molecular weight is 380 g/mol. The Morgan fingerprint density at radius 3 is 2.50 bits per heavy atom. The molecule has 148 valence electrons. The van der Waals surface area contributed by atoms with Crippen molar-refractivity contribution < 1.29 is 9.59 Å². The average Bonchev–Trinajstić information content (AvgIpc) is 2.86. The zero-order chi connectivity index (χ0) is 20.1. The number of amides is 2. The Labute approximate surface area is 167 Å². The first-order valence-corrected chi connectivity index (χ1v) is 9.87. The molecule has 1 heterocycles.